The van der Waals surface area contributed by atoms with Crippen molar-refractivity contribution in [2.75, 3.05) is 4.72 Å². The van der Waals surface area contributed by atoms with Crippen LogP contribution in [0.5, 0.6) is 0 Å². The molecule has 0 unspecified atom stereocenters. The van der Waals surface area contributed by atoms with Crippen molar-refractivity contribution in [1.82, 2.24) is 4.98 Å². The van der Waals surface area contributed by atoms with Gasteiger partial charge in [0, 0.05) is 4.47 Å². The Morgan fingerprint density at radius 1 is 1.14 bits per heavy atom. The summed E-state index contributed by atoms with van der Waals surface area (Å²) in [6, 6.07) is 6.29. The highest BCUT2D eigenvalue weighted by Gasteiger charge is 2.19. The average molecular weight is 410 g/mol. The molecule has 0 saturated heterocycles. The normalized spacial score (nSPS) is 11.5. The lowest BCUT2D eigenvalue weighted by atomic mass is 10.2. The fourth-order valence-electron chi connectivity index (χ4n) is 1.70. The molecule has 4 nitrogen and oxygen atoms in total. The number of hydrogen-bond donors (Lipinski definition) is 1. The minimum atomic E-state index is -3.75. The lowest BCUT2D eigenvalue weighted by molar-refractivity contribution is 0.601. The number of rotatable bonds is 3. The highest BCUT2D eigenvalue weighted by molar-refractivity contribution is 9.10. The van der Waals surface area contributed by atoms with E-state index < -0.39 is 10.0 Å². The molecule has 112 valence electrons. The Hall–Kier alpha value is -0.820. The number of pyridine rings is 1. The second-order valence-electron chi connectivity index (χ2n) is 4.44. The van der Waals surface area contributed by atoms with Gasteiger partial charge in [-0.05, 0) is 49.2 Å². The Morgan fingerprint density at radius 3 is 2.38 bits per heavy atom. The van der Waals surface area contributed by atoms with Gasteiger partial charge in [0.15, 0.2) is 5.15 Å². The number of nitrogens with zero attached hydrogens (tertiary/aromatic N) is 1. The molecular weight excluding hydrogens is 399 g/mol. The predicted molar refractivity (Wildman–Crippen MR) is 88.7 cm³/mol. The summed E-state index contributed by atoms with van der Waals surface area (Å²) in [6.45, 7) is 3.51. The quantitative estimate of drug-likeness (QED) is 0.755. The monoisotopic (exact) mass is 408 g/mol. The maximum absolute atomic E-state index is 12.4. The lowest BCUT2D eigenvalue weighted by Gasteiger charge is -2.12. The number of aromatic nitrogens is 1. The molecule has 0 spiro atoms. The third-order valence-electron chi connectivity index (χ3n) is 2.82. The first-order valence-electron chi connectivity index (χ1n) is 5.82. The van der Waals surface area contributed by atoms with Crippen LogP contribution in [0.15, 0.2) is 33.6 Å². The van der Waals surface area contributed by atoms with Gasteiger partial charge in [0.2, 0.25) is 0 Å². The van der Waals surface area contributed by atoms with E-state index in [1.165, 1.54) is 12.1 Å². The second-order valence-corrected chi connectivity index (χ2v) is 7.73. The molecule has 0 radical (unpaired) electrons. The fourth-order valence-corrected chi connectivity index (χ4v) is 3.80. The van der Waals surface area contributed by atoms with E-state index in [2.05, 4.69) is 25.6 Å². The van der Waals surface area contributed by atoms with Crippen LogP contribution in [0.4, 0.5) is 5.69 Å². The van der Waals surface area contributed by atoms with E-state index in [0.29, 0.717) is 5.56 Å². The lowest BCUT2D eigenvalue weighted by Crippen LogP contribution is -2.14. The summed E-state index contributed by atoms with van der Waals surface area (Å²) in [5, 5.41) is 0.220. The molecule has 0 saturated carbocycles. The van der Waals surface area contributed by atoms with Crippen molar-refractivity contribution in [1.29, 1.82) is 0 Å². The highest BCUT2D eigenvalue weighted by Crippen LogP contribution is 2.29. The Kier molecular flexibility index (Phi) is 4.82. The zero-order valence-electron chi connectivity index (χ0n) is 11.1. The number of sulfonamides is 1. The van der Waals surface area contributed by atoms with Gasteiger partial charge in [-0.1, -0.05) is 39.1 Å². The molecule has 1 N–H and O–H groups in total. The number of halogens is 3. The molecule has 1 aromatic carbocycles. The first kappa shape index (κ1) is 16.5. The van der Waals surface area contributed by atoms with Crippen molar-refractivity contribution >= 4 is 54.8 Å². The van der Waals surface area contributed by atoms with E-state index in [0.717, 1.165) is 10.0 Å². The molecule has 21 heavy (non-hydrogen) atoms. The zero-order chi connectivity index (χ0) is 15.8. The number of aryl methyl sites for hydroxylation is 2. The summed E-state index contributed by atoms with van der Waals surface area (Å²) in [7, 11) is -3.75. The average Bonchev–Trinajstić information content (AvgIpc) is 2.37. The summed E-state index contributed by atoms with van der Waals surface area (Å²) in [5.41, 5.74) is 1.63. The number of benzene rings is 1. The Labute approximate surface area is 141 Å². The number of anilines is 1. The molecule has 8 heteroatoms. The summed E-state index contributed by atoms with van der Waals surface area (Å²) in [5.74, 6) is 0. The maximum Gasteiger partial charge on any atom is 0.262 e. The minimum Gasteiger partial charge on any atom is -0.276 e. The van der Waals surface area contributed by atoms with Gasteiger partial charge in [0.05, 0.1) is 10.6 Å². The van der Waals surface area contributed by atoms with Crippen LogP contribution in [0.1, 0.15) is 11.1 Å². The Balaban J connectivity index is 2.44. The van der Waals surface area contributed by atoms with Crippen LogP contribution in [0, 0.1) is 13.8 Å². The van der Waals surface area contributed by atoms with Crippen molar-refractivity contribution in [3.63, 3.8) is 0 Å². The standard InChI is InChI=1S/C13H11BrCl2N2O2S/c1-7-5-9(3-4-10(7)14)21(19,20)18-12-8(2)6-11(15)17-13(12)16/h3-6,18H,1-2H3. The summed E-state index contributed by atoms with van der Waals surface area (Å²) in [4.78, 5) is 3.99. The third-order valence-corrected chi connectivity index (χ3v) is 5.52. The van der Waals surface area contributed by atoms with Crippen LogP contribution in [-0.2, 0) is 10.0 Å². The zero-order valence-corrected chi connectivity index (χ0v) is 15.0. The van der Waals surface area contributed by atoms with Crippen molar-refractivity contribution in [2.45, 2.75) is 18.7 Å². The number of nitrogens with one attached hydrogen (secondary N) is 1. The molecule has 0 aliphatic heterocycles. The van der Waals surface area contributed by atoms with Gasteiger partial charge in [-0.15, -0.1) is 0 Å². The first-order valence-corrected chi connectivity index (χ1v) is 8.85. The van der Waals surface area contributed by atoms with E-state index in [9.17, 15) is 8.42 Å². The summed E-state index contributed by atoms with van der Waals surface area (Å²) < 4.78 is 28.1. The largest absolute Gasteiger partial charge is 0.276 e. The van der Waals surface area contributed by atoms with Crippen molar-refractivity contribution < 1.29 is 8.42 Å². The molecule has 2 aromatic rings. The van der Waals surface area contributed by atoms with Gasteiger partial charge >= 0.3 is 0 Å². The van der Waals surface area contributed by atoms with Gasteiger partial charge in [-0.3, -0.25) is 4.72 Å². The smallest absolute Gasteiger partial charge is 0.262 e. The van der Waals surface area contributed by atoms with Crippen LogP contribution < -0.4 is 4.72 Å². The van der Waals surface area contributed by atoms with Gasteiger partial charge in [0.1, 0.15) is 5.15 Å². The van der Waals surface area contributed by atoms with Crippen LogP contribution in [0.3, 0.4) is 0 Å². The molecule has 2 rings (SSSR count). The molecule has 0 bridgehead atoms. The van der Waals surface area contributed by atoms with Gasteiger partial charge in [-0.2, -0.15) is 0 Å². The van der Waals surface area contributed by atoms with E-state index in [1.807, 2.05) is 6.92 Å². The summed E-state index contributed by atoms with van der Waals surface area (Å²) >= 11 is 15.1. The van der Waals surface area contributed by atoms with E-state index in [-0.39, 0.29) is 20.9 Å². The van der Waals surface area contributed by atoms with Gasteiger partial charge in [0.25, 0.3) is 10.0 Å². The van der Waals surface area contributed by atoms with Crippen molar-refractivity contribution in [3.8, 4) is 0 Å². The molecule has 0 fully saturated rings. The van der Waals surface area contributed by atoms with Crippen molar-refractivity contribution in [3.05, 3.63) is 50.2 Å². The van der Waals surface area contributed by atoms with E-state index in [1.54, 1.807) is 19.1 Å². The van der Waals surface area contributed by atoms with E-state index in [4.69, 9.17) is 23.2 Å². The molecule has 1 aromatic heterocycles. The Bertz CT molecular complexity index is 787. The highest BCUT2D eigenvalue weighted by atomic mass is 79.9. The topological polar surface area (TPSA) is 59.1 Å². The third kappa shape index (κ3) is 3.69. The van der Waals surface area contributed by atoms with Crippen LogP contribution >= 0.6 is 39.1 Å². The predicted octanol–water partition coefficient (Wildman–Crippen LogP) is 4.57. The number of hydrogen-bond acceptors (Lipinski definition) is 3. The molecule has 0 atom stereocenters. The Morgan fingerprint density at radius 2 is 1.81 bits per heavy atom. The minimum absolute atomic E-state index is 0.0115. The fraction of sp³-hybridized carbons (Fsp3) is 0.154. The van der Waals surface area contributed by atoms with E-state index >= 15 is 0 Å². The van der Waals surface area contributed by atoms with Crippen LogP contribution in [0.2, 0.25) is 10.3 Å². The molecule has 1 heterocycles. The molecule has 0 aliphatic rings. The molecule has 0 amide bonds. The SMILES string of the molecule is Cc1cc(S(=O)(=O)Nc2c(C)cc(Cl)nc2Cl)ccc1Br. The maximum atomic E-state index is 12.4. The van der Waals surface area contributed by atoms with Gasteiger partial charge in [-0.25, -0.2) is 13.4 Å². The van der Waals surface area contributed by atoms with Crippen molar-refractivity contribution in [2.24, 2.45) is 0 Å². The first-order chi connectivity index (χ1) is 9.70. The van der Waals surface area contributed by atoms with Gasteiger partial charge < -0.3 is 0 Å². The summed E-state index contributed by atoms with van der Waals surface area (Å²) in [6.07, 6.45) is 0. The molecule has 0 aliphatic carbocycles. The van der Waals surface area contributed by atoms with Crippen LogP contribution in [-0.4, -0.2) is 13.4 Å². The molecular formula is C13H11BrCl2N2O2S. The second kappa shape index (κ2) is 6.12. The van der Waals surface area contributed by atoms with Crippen LogP contribution in [0.25, 0.3) is 0 Å².